The second-order valence-corrected chi connectivity index (χ2v) is 4.02. The Morgan fingerprint density at radius 3 is 2.80 bits per heavy atom. The SMILES string of the molecule is CCc1nn(C)c(Cl)c1CNC(C)CO. The lowest BCUT2D eigenvalue weighted by atomic mass is 10.2. The lowest BCUT2D eigenvalue weighted by molar-refractivity contribution is 0.251. The van der Waals surface area contributed by atoms with Crippen molar-refractivity contribution in [2.24, 2.45) is 7.05 Å². The molecule has 0 radical (unpaired) electrons. The summed E-state index contributed by atoms with van der Waals surface area (Å²) in [4.78, 5) is 0. The summed E-state index contributed by atoms with van der Waals surface area (Å²) < 4.78 is 1.68. The van der Waals surface area contributed by atoms with Crippen molar-refractivity contribution in [1.82, 2.24) is 15.1 Å². The van der Waals surface area contributed by atoms with Crippen LogP contribution in [0.1, 0.15) is 25.1 Å². The van der Waals surface area contributed by atoms with E-state index in [1.165, 1.54) is 0 Å². The van der Waals surface area contributed by atoms with Crippen molar-refractivity contribution in [2.75, 3.05) is 6.61 Å². The maximum absolute atomic E-state index is 8.90. The number of hydrogen-bond acceptors (Lipinski definition) is 3. The van der Waals surface area contributed by atoms with E-state index in [0.717, 1.165) is 17.7 Å². The first-order chi connectivity index (χ1) is 7.10. The molecule has 0 aliphatic rings. The summed E-state index contributed by atoms with van der Waals surface area (Å²) in [6, 6.07) is 0.0750. The lowest BCUT2D eigenvalue weighted by Crippen LogP contribution is -2.28. The predicted molar refractivity (Wildman–Crippen MR) is 61.0 cm³/mol. The fourth-order valence-electron chi connectivity index (χ4n) is 1.40. The molecule has 1 atom stereocenters. The Labute approximate surface area is 95.2 Å². The highest BCUT2D eigenvalue weighted by molar-refractivity contribution is 6.30. The van der Waals surface area contributed by atoms with Crippen LogP contribution in [0.4, 0.5) is 0 Å². The number of aliphatic hydroxyl groups excluding tert-OH is 1. The van der Waals surface area contributed by atoms with E-state index in [1.54, 1.807) is 4.68 Å². The Morgan fingerprint density at radius 2 is 2.27 bits per heavy atom. The Morgan fingerprint density at radius 1 is 1.60 bits per heavy atom. The normalized spacial score (nSPS) is 13.1. The summed E-state index contributed by atoms with van der Waals surface area (Å²) in [6.07, 6.45) is 0.866. The van der Waals surface area contributed by atoms with E-state index in [2.05, 4.69) is 17.3 Å². The smallest absolute Gasteiger partial charge is 0.131 e. The molecule has 4 nitrogen and oxygen atoms in total. The van der Waals surface area contributed by atoms with Crippen LogP contribution >= 0.6 is 11.6 Å². The maximum Gasteiger partial charge on any atom is 0.131 e. The monoisotopic (exact) mass is 231 g/mol. The standard InChI is InChI=1S/C10H18ClN3O/c1-4-9-8(5-12-7(2)6-15)10(11)14(3)13-9/h7,12,15H,4-6H2,1-3H3. The van der Waals surface area contributed by atoms with Gasteiger partial charge in [0.1, 0.15) is 5.15 Å². The van der Waals surface area contributed by atoms with Gasteiger partial charge >= 0.3 is 0 Å². The third kappa shape index (κ3) is 2.93. The molecule has 0 spiro atoms. The highest BCUT2D eigenvalue weighted by Gasteiger charge is 2.13. The first-order valence-corrected chi connectivity index (χ1v) is 5.52. The highest BCUT2D eigenvalue weighted by Crippen LogP contribution is 2.19. The van der Waals surface area contributed by atoms with Gasteiger partial charge in [-0.2, -0.15) is 5.10 Å². The van der Waals surface area contributed by atoms with Crippen LogP contribution in [0.5, 0.6) is 0 Å². The summed E-state index contributed by atoms with van der Waals surface area (Å²) in [5.74, 6) is 0. The van der Waals surface area contributed by atoms with E-state index in [1.807, 2.05) is 14.0 Å². The second-order valence-electron chi connectivity index (χ2n) is 3.66. The average Bonchev–Trinajstić information content (AvgIpc) is 2.52. The Balaban J connectivity index is 2.74. The van der Waals surface area contributed by atoms with Crippen molar-refractivity contribution in [3.05, 3.63) is 16.4 Å². The van der Waals surface area contributed by atoms with E-state index >= 15 is 0 Å². The maximum atomic E-state index is 8.90. The highest BCUT2D eigenvalue weighted by atomic mass is 35.5. The van der Waals surface area contributed by atoms with Crippen molar-refractivity contribution in [1.29, 1.82) is 0 Å². The van der Waals surface area contributed by atoms with Crippen LogP contribution < -0.4 is 5.32 Å². The summed E-state index contributed by atoms with van der Waals surface area (Å²) in [6.45, 7) is 4.75. The number of hydrogen-bond donors (Lipinski definition) is 2. The molecule has 0 aromatic carbocycles. The summed E-state index contributed by atoms with van der Waals surface area (Å²) in [5, 5.41) is 17.1. The molecule has 0 amide bonds. The van der Waals surface area contributed by atoms with Gasteiger partial charge in [0.2, 0.25) is 0 Å². The molecule has 5 heteroatoms. The molecule has 1 unspecified atom stereocenters. The molecule has 1 rings (SSSR count). The average molecular weight is 232 g/mol. The fourth-order valence-corrected chi connectivity index (χ4v) is 1.61. The summed E-state index contributed by atoms with van der Waals surface area (Å²) in [5.41, 5.74) is 2.04. The molecule has 2 N–H and O–H groups in total. The molecule has 1 aromatic rings. The van der Waals surface area contributed by atoms with Gasteiger partial charge in [-0.05, 0) is 13.3 Å². The first kappa shape index (κ1) is 12.5. The molecule has 15 heavy (non-hydrogen) atoms. The molecule has 1 heterocycles. The molecule has 86 valence electrons. The zero-order chi connectivity index (χ0) is 11.4. The van der Waals surface area contributed by atoms with Crippen LogP contribution in [0.3, 0.4) is 0 Å². The van der Waals surface area contributed by atoms with Gasteiger partial charge in [0.25, 0.3) is 0 Å². The zero-order valence-corrected chi connectivity index (χ0v) is 10.2. The van der Waals surface area contributed by atoms with Gasteiger partial charge in [-0.25, -0.2) is 0 Å². The van der Waals surface area contributed by atoms with Crippen LogP contribution in [-0.2, 0) is 20.0 Å². The number of aryl methyl sites for hydroxylation is 2. The Hall–Kier alpha value is -0.580. The van der Waals surface area contributed by atoms with Crippen LogP contribution in [0.2, 0.25) is 5.15 Å². The van der Waals surface area contributed by atoms with Crippen LogP contribution in [0.25, 0.3) is 0 Å². The van der Waals surface area contributed by atoms with Crippen molar-refractivity contribution in [2.45, 2.75) is 32.9 Å². The van der Waals surface area contributed by atoms with E-state index in [-0.39, 0.29) is 12.6 Å². The summed E-state index contributed by atoms with van der Waals surface area (Å²) in [7, 11) is 1.83. The number of nitrogens with zero attached hydrogens (tertiary/aromatic N) is 2. The van der Waals surface area contributed by atoms with Crippen LogP contribution in [-0.4, -0.2) is 27.5 Å². The topological polar surface area (TPSA) is 50.1 Å². The Bertz CT molecular complexity index is 325. The molecular weight excluding hydrogens is 214 g/mol. The van der Waals surface area contributed by atoms with Crippen molar-refractivity contribution < 1.29 is 5.11 Å². The van der Waals surface area contributed by atoms with Gasteiger partial charge in [-0.1, -0.05) is 18.5 Å². The van der Waals surface area contributed by atoms with E-state index in [9.17, 15) is 0 Å². The van der Waals surface area contributed by atoms with E-state index in [4.69, 9.17) is 16.7 Å². The third-order valence-corrected chi connectivity index (χ3v) is 2.86. The number of nitrogens with one attached hydrogen (secondary N) is 1. The van der Waals surface area contributed by atoms with Crippen LogP contribution in [0, 0.1) is 0 Å². The number of rotatable bonds is 5. The lowest BCUT2D eigenvalue weighted by Gasteiger charge is -2.10. The molecule has 0 fully saturated rings. The fraction of sp³-hybridized carbons (Fsp3) is 0.700. The minimum absolute atomic E-state index is 0.0750. The van der Waals surface area contributed by atoms with E-state index < -0.39 is 0 Å². The molecule has 0 saturated heterocycles. The van der Waals surface area contributed by atoms with Gasteiger partial charge in [-0.3, -0.25) is 4.68 Å². The molecule has 0 aliphatic carbocycles. The predicted octanol–water partition coefficient (Wildman–Crippen LogP) is 1.11. The number of aromatic nitrogens is 2. The van der Waals surface area contributed by atoms with Crippen LogP contribution in [0.15, 0.2) is 0 Å². The number of halogens is 1. The zero-order valence-electron chi connectivity index (χ0n) is 9.42. The molecule has 0 saturated carbocycles. The van der Waals surface area contributed by atoms with Crippen molar-refractivity contribution in [3.8, 4) is 0 Å². The molecule has 0 bridgehead atoms. The van der Waals surface area contributed by atoms with Gasteiger partial charge in [0, 0.05) is 25.2 Å². The van der Waals surface area contributed by atoms with Gasteiger partial charge in [0.05, 0.1) is 12.3 Å². The van der Waals surface area contributed by atoms with Gasteiger partial charge in [-0.15, -0.1) is 0 Å². The molecule has 1 aromatic heterocycles. The quantitative estimate of drug-likeness (QED) is 0.798. The second kappa shape index (κ2) is 5.49. The summed E-state index contributed by atoms with van der Waals surface area (Å²) >= 11 is 6.12. The molecule has 0 aliphatic heterocycles. The first-order valence-electron chi connectivity index (χ1n) is 5.14. The van der Waals surface area contributed by atoms with Gasteiger partial charge in [0.15, 0.2) is 0 Å². The number of aliphatic hydroxyl groups is 1. The molecular formula is C10H18ClN3O. The third-order valence-electron chi connectivity index (χ3n) is 2.39. The Kier molecular flexibility index (Phi) is 4.57. The minimum Gasteiger partial charge on any atom is -0.395 e. The van der Waals surface area contributed by atoms with E-state index in [0.29, 0.717) is 11.7 Å². The minimum atomic E-state index is 0.0750. The van der Waals surface area contributed by atoms with Gasteiger partial charge < -0.3 is 10.4 Å². The van der Waals surface area contributed by atoms with Crippen molar-refractivity contribution >= 4 is 11.6 Å². The van der Waals surface area contributed by atoms with Crippen molar-refractivity contribution in [3.63, 3.8) is 0 Å². The largest absolute Gasteiger partial charge is 0.395 e.